The van der Waals surface area contributed by atoms with Gasteiger partial charge in [-0.05, 0) is 74.7 Å². The second-order valence-electron chi connectivity index (χ2n) is 7.09. The van der Waals surface area contributed by atoms with Gasteiger partial charge in [0.25, 0.3) is 5.91 Å². The maximum atomic E-state index is 12.3. The zero-order valence-corrected chi connectivity index (χ0v) is 17.1. The van der Waals surface area contributed by atoms with Gasteiger partial charge < -0.3 is 21.3 Å². The van der Waals surface area contributed by atoms with E-state index in [-0.39, 0.29) is 0 Å². The van der Waals surface area contributed by atoms with Crippen LogP contribution in [0.3, 0.4) is 0 Å². The van der Waals surface area contributed by atoms with Crippen molar-refractivity contribution in [3.8, 4) is 11.8 Å². The standard InChI is InChI=1S/C24H28N2O4/c1-17(28)23(22(29)16-27)26-24(30)21-13-11-20(12-14-21)10-9-19-7-5-18(6-8-19)4-2-3-15-25/h5-8,11-14,17,23,27-28H,2-4,15-16,25H2,1H3,(H,26,30)/t17-,23+/m1/s1. The molecule has 0 bridgehead atoms. The molecule has 0 aliphatic rings. The topological polar surface area (TPSA) is 113 Å². The molecule has 30 heavy (non-hydrogen) atoms. The molecule has 6 heteroatoms. The van der Waals surface area contributed by atoms with Crippen LogP contribution in [0, 0.1) is 11.8 Å². The Morgan fingerprint density at radius 2 is 1.57 bits per heavy atom. The van der Waals surface area contributed by atoms with Crippen molar-refractivity contribution in [3.05, 3.63) is 70.8 Å². The lowest BCUT2D eigenvalue weighted by Crippen LogP contribution is -2.48. The maximum absolute atomic E-state index is 12.3. The Bertz CT molecular complexity index is 894. The van der Waals surface area contributed by atoms with Gasteiger partial charge >= 0.3 is 0 Å². The number of benzene rings is 2. The number of rotatable bonds is 9. The number of hydrogen-bond donors (Lipinski definition) is 4. The summed E-state index contributed by atoms with van der Waals surface area (Å²) in [6, 6.07) is 13.6. The van der Waals surface area contributed by atoms with Crippen LogP contribution in [0.15, 0.2) is 48.5 Å². The number of carbonyl (C=O) groups is 2. The lowest BCUT2D eigenvalue weighted by atomic mass is 10.1. The normalized spacial score (nSPS) is 12.4. The van der Waals surface area contributed by atoms with Crippen LogP contribution in [0.1, 0.15) is 46.8 Å². The molecule has 0 heterocycles. The summed E-state index contributed by atoms with van der Waals surface area (Å²) < 4.78 is 0. The van der Waals surface area contributed by atoms with Crippen LogP contribution in [0.2, 0.25) is 0 Å². The fourth-order valence-electron chi connectivity index (χ4n) is 2.87. The average Bonchev–Trinajstić information content (AvgIpc) is 2.76. The van der Waals surface area contributed by atoms with Crippen molar-refractivity contribution in [2.24, 2.45) is 5.73 Å². The van der Waals surface area contributed by atoms with Gasteiger partial charge in [0.05, 0.1) is 6.10 Å². The number of nitrogens with one attached hydrogen (secondary N) is 1. The van der Waals surface area contributed by atoms with E-state index >= 15 is 0 Å². The summed E-state index contributed by atoms with van der Waals surface area (Å²) in [6.07, 6.45) is 2.00. The fourth-order valence-corrected chi connectivity index (χ4v) is 2.87. The van der Waals surface area contributed by atoms with E-state index in [1.54, 1.807) is 24.3 Å². The van der Waals surface area contributed by atoms with Crippen molar-refractivity contribution in [1.82, 2.24) is 5.32 Å². The first-order valence-electron chi connectivity index (χ1n) is 9.98. The number of unbranched alkanes of at least 4 members (excludes halogenated alkanes) is 1. The summed E-state index contributed by atoms with van der Waals surface area (Å²) in [6.45, 7) is 1.34. The van der Waals surface area contributed by atoms with Gasteiger partial charge in [-0.2, -0.15) is 0 Å². The third-order valence-corrected chi connectivity index (χ3v) is 4.64. The molecule has 2 rings (SSSR count). The highest BCUT2D eigenvalue weighted by Crippen LogP contribution is 2.09. The summed E-state index contributed by atoms with van der Waals surface area (Å²) >= 11 is 0. The average molecular weight is 408 g/mol. The molecular formula is C24H28N2O4. The maximum Gasteiger partial charge on any atom is 0.251 e. The highest BCUT2D eigenvalue weighted by Gasteiger charge is 2.25. The van der Waals surface area contributed by atoms with Crippen molar-refractivity contribution in [2.45, 2.75) is 38.3 Å². The predicted octanol–water partition coefficient (Wildman–Crippen LogP) is 1.41. The lowest BCUT2D eigenvalue weighted by Gasteiger charge is -2.19. The Balaban J connectivity index is 1.99. The van der Waals surface area contributed by atoms with Gasteiger partial charge in [-0.1, -0.05) is 24.0 Å². The van der Waals surface area contributed by atoms with Crippen LogP contribution in [-0.2, 0) is 11.2 Å². The van der Waals surface area contributed by atoms with Crippen LogP contribution < -0.4 is 11.1 Å². The summed E-state index contributed by atoms with van der Waals surface area (Å²) in [5.41, 5.74) is 8.76. The van der Waals surface area contributed by atoms with Gasteiger partial charge in [0.2, 0.25) is 0 Å². The first-order chi connectivity index (χ1) is 14.4. The van der Waals surface area contributed by atoms with Crippen LogP contribution >= 0.6 is 0 Å². The van der Waals surface area contributed by atoms with Crippen molar-refractivity contribution < 1.29 is 19.8 Å². The molecule has 0 unspecified atom stereocenters. The number of nitrogens with two attached hydrogens (primary N) is 1. The Morgan fingerprint density at radius 3 is 2.07 bits per heavy atom. The Hall–Kier alpha value is -2.98. The molecule has 0 saturated heterocycles. The summed E-state index contributed by atoms with van der Waals surface area (Å²) in [4.78, 5) is 23.9. The molecule has 158 valence electrons. The van der Waals surface area contributed by atoms with Crippen LogP contribution in [0.25, 0.3) is 0 Å². The third kappa shape index (κ3) is 7.12. The minimum absolute atomic E-state index is 0.332. The summed E-state index contributed by atoms with van der Waals surface area (Å²) in [7, 11) is 0. The molecule has 0 saturated carbocycles. The number of aliphatic hydroxyl groups is 2. The number of carbonyl (C=O) groups excluding carboxylic acids is 2. The lowest BCUT2D eigenvalue weighted by molar-refractivity contribution is -0.125. The number of aliphatic hydroxyl groups excluding tert-OH is 2. The summed E-state index contributed by atoms with van der Waals surface area (Å²) in [5.74, 6) is 5.00. The highest BCUT2D eigenvalue weighted by molar-refractivity contribution is 5.98. The van der Waals surface area contributed by atoms with E-state index < -0.39 is 30.4 Å². The molecule has 0 radical (unpaired) electrons. The number of hydrogen-bond acceptors (Lipinski definition) is 5. The first-order valence-corrected chi connectivity index (χ1v) is 9.98. The molecule has 0 aliphatic heterocycles. The Kier molecular flexibility index (Phi) is 9.23. The van der Waals surface area contributed by atoms with Gasteiger partial charge in [-0.3, -0.25) is 9.59 Å². The van der Waals surface area contributed by atoms with E-state index in [0.717, 1.165) is 30.4 Å². The Labute approximate surface area is 177 Å². The number of Topliss-reactive ketones (excluding diaryl/α,β-unsaturated/α-hetero) is 1. The largest absolute Gasteiger partial charge is 0.391 e. The Morgan fingerprint density at radius 1 is 1.00 bits per heavy atom. The van der Waals surface area contributed by atoms with Crippen LogP contribution in [0.4, 0.5) is 0 Å². The zero-order chi connectivity index (χ0) is 21.9. The van der Waals surface area contributed by atoms with Crippen molar-refractivity contribution in [1.29, 1.82) is 0 Å². The van der Waals surface area contributed by atoms with E-state index in [4.69, 9.17) is 10.8 Å². The minimum atomic E-state index is -1.15. The van der Waals surface area contributed by atoms with E-state index in [0.29, 0.717) is 12.1 Å². The SMILES string of the molecule is C[C@@H](O)[C@H](NC(=O)c1ccc(C#Cc2ccc(CCCCN)cc2)cc1)C(=O)CO. The smallest absolute Gasteiger partial charge is 0.251 e. The third-order valence-electron chi connectivity index (χ3n) is 4.64. The molecule has 5 N–H and O–H groups in total. The minimum Gasteiger partial charge on any atom is -0.391 e. The molecule has 2 atom stereocenters. The second-order valence-corrected chi connectivity index (χ2v) is 7.09. The van der Waals surface area contributed by atoms with E-state index in [1.165, 1.54) is 12.5 Å². The van der Waals surface area contributed by atoms with Crippen molar-refractivity contribution >= 4 is 11.7 Å². The zero-order valence-electron chi connectivity index (χ0n) is 17.1. The number of amides is 1. The van der Waals surface area contributed by atoms with E-state index in [1.807, 2.05) is 12.1 Å². The molecule has 0 fully saturated rings. The first kappa shape index (κ1) is 23.3. The van der Waals surface area contributed by atoms with E-state index in [2.05, 4.69) is 29.3 Å². The molecule has 0 spiro atoms. The molecule has 2 aromatic carbocycles. The molecule has 1 amide bonds. The number of ketones is 1. The fraction of sp³-hybridized carbons (Fsp3) is 0.333. The van der Waals surface area contributed by atoms with Gasteiger partial charge in [0, 0.05) is 16.7 Å². The van der Waals surface area contributed by atoms with Gasteiger partial charge in [-0.15, -0.1) is 0 Å². The molecule has 6 nitrogen and oxygen atoms in total. The molecule has 0 aliphatic carbocycles. The molecule has 0 aromatic heterocycles. The number of aryl methyl sites for hydroxylation is 1. The second kappa shape index (κ2) is 11.9. The van der Waals surface area contributed by atoms with Gasteiger partial charge in [-0.25, -0.2) is 0 Å². The summed E-state index contributed by atoms with van der Waals surface area (Å²) in [5, 5.41) is 21.0. The van der Waals surface area contributed by atoms with Crippen LogP contribution in [-0.4, -0.2) is 47.2 Å². The van der Waals surface area contributed by atoms with E-state index in [9.17, 15) is 14.7 Å². The van der Waals surface area contributed by atoms with Crippen molar-refractivity contribution in [2.75, 3.05) is 13.2 Å². The molecule has 2 aromatic rings. The quantitative estimate of drug-likeness (QED) is 0.370. The van der Waals surface area contributed by atoms with Gasteiger partial charge in [0.1, 0.15) is 12.6 Å². The van der Waals surface area contributed by atoms with Gasteiger partial charge in [0.15, 0.2) is 5.78 Å². The van der Waals surface area contributed by atoms with Crippen LogP contribution in [0.5, 0.6) is 0 Å². The molecular weight excluding hydrogens is 380 g/mol. The monoisotopic (exact) mass is 408 g/mol. The van der Waals surface area contributed by atoms with Crippen molar-refractivity contribution in [3.63, 3.8) is 0 Å². The highest BCUT2D eigenvalue weighted by atomic mass is 16.3. The predicted molar refractivity (Wildman–Crippen MR) is 116 cm³/mol.